The Labute approximate surface area is 123 Å². The van der Waals surface area contributed by atoms with Crippen LogP contribution >= 0.6 is 23.2 Å². The van der Waals surface area contributed by atoms with Crippen molar-refractivity contribution in [2.75, 3.05) is 12.4 Å². The molecule has 100 valence electrons. The molecule has 2 rings (SSSR count). The van der Waals surface area contributed by atoms with E-state index < -0.39 is 0 Å². The van der Waals surface area contributed by atoms with Crippen LogP contribution in [0.4, 0.5) is 5.69 Å². The summed E-state index contributed by atoms with van der Waals surface area (Å²) in [5, 5.41) is 4.78. The van der Waals surface area contributed by atoms with Gasteiger partial charge in [0.2, 0.25) is 0 Å². The second-order valence-corrected chi connectivity index (χ2v) is 5.08. The van der Waals surface area contributed by atoms with Gasteiger partial charge in [-0.05, 0) is 42.8 Å². The van der Waals surface area contributed by atoms with Crippen LogP contribution in [0.15, 0.2) is 36.4 Å². The molecule has 4 heteroatoms. The van der Waals surface area contributed by atoms with Gasteiger partial charge in [-0.25, -0.2) is 0 Å². The fraction of sp³-hybridized carbons (Fsp3) is 0.200. The zero-order valence-corrected chi connectivity index (χ0v) is 12.3. The Balaban J connectivity index is 2.19. The van der Waals surface area contributed by atoms with Crippen LogP contribution < -0.4 is 10.1 Å². The van der Waals surface area contributed by atoms with Gasteiger partial charge >= 0.3 is 0 Å². The second kappa shape index (κ2) is 6.18. The molecule has 0 fully saturated rings. The molecule has 2 aromatic rings. The van der Waals surface area contributed by atoms with Gasteiger partial charge in [0, 0.05) is 27.8 Å². The third-order valence-corrected chi connectivity index (χ3v) is 3.53. The van der Waals surface area contributed by atoms with E-state index >= 15 is 0 Å². The maximum absolute atomic E-state index is 6.20. The first-order valence-corrected chi connectivity index (χ1v) is 6.69. The zero-order valence-electron chi connectivity index (χ0n) is 10.8. The van der Waals surface area contributed by atoms with Crippen LogP contribution in [0.3, 0.4) is 0 Å². The Morgan fingerprint density at radius 2 is 1.95 bits per heavy atom. The fourth-order valence-corrected chi connectivity index (χ4v) is 2.37. The molecule has 0 aliphatic heterocycles. The number of anilines is 1. The normalized spacial score (nSPS) is 10.3. The van der Waals surface area contributed by atoms with Gasteiger partial charge in [0.15, 0.2) is 0 Å². The number of hydrogen-bond acceptors (Lipinski definition) is 2. The summed E-state index contributed by atoms with van der Waals surface area (Å²) in [6.07, 6.45) is 0. The minimum absolute atomic E-state index is 0.602. The lowest BCUT2D eigenvalue weighted by Crippen LogP contribution is -2.03. The Hall–Kier alpha value is -1.38. The summed E-state index contributed by atoms with van der Waals surface area (Å²) in [5.41, 5.74) is 3.07. The molecule has 0 saturated heterocycles. The van der Waals surface area contributed by atoms with E-state index in [1.807, 2.05) is 43.3 Å². The van der Waals surface area contributed by atoms with Crippen LogP contribution in [0.5, 0.6) is 5.75 Å². The van der Waals surface area contributed by atoms with Crippen LogP contribution in [-0.4, -0.2) is 7.11 Å². The number of nitrogens with one attached hydrogen (secondary N) is 1. The topological polar surface area (TPSA) is 21.3 Å². The van der Waals surface area contributed by atoms with Gasteiger partial charge in [-0.15, -0.1) is 0 Å². The SMILES string of the molecule is COc1cccc(Cl)c1CNc1ccc(Cl)cc1C. The lowest BCUT2D eigenvalue weighted by molar-refractivity contribution is 0.410. The number of benzene rings is 2. The first-order valence-electron chi connectivity index (χ1n) is 5.93. The van der Waals surface area contributed by atoms with Crippen LogP contribution in [0, 0.1) is 6.92 Å². The molecule has 0 spiro atoms. The largest absolute Gasteiger partial charge is 0.496 e. The molecule has 2 aromatic carbocycles. The summed E-state index contributed by atoms with van der Waals surface area (Å²) in [6.45, 7) is 2.61. The first kappa shape index (κ1) is 14.0. The van der Waals surface area contributed by atoms with Crippen molar-refractivity contribution in [3.05, 3.63) is 57.6 Å². The molecular weight excluding hydrogens is 281 g/mol. The van der Waals surface area contributed by atoms with Crippen molar-refractivity contribution in [3.63, 3.8) is 0 Å². The van der Waals surface area contributed by atoms with Crippen molar-refractivity contribution in [3.8, 4) is 5.75 Å². The fourth-order valence-electron chi connectivity index (χ4n) is 1.91. The minimum Gasteiger partial charge on any atom is -0.496 e. The Bertz CT molecular complexity index is 584. The van der Waals surface area contributed by atoms with Crippen LogP contribution in [0.1, 0.15) is 11.1 Å². The lowest BCUT2D eigenvalue weighted by atomic mass is 10.1. The number of ether oxygens (including phenoxy) is 1. The van der Waals surface area contributed by atoms with Gasteiger partial charge in [-0.1, -0.05) is 29.3 Å². The molecule has 0 heterocycles. The molecule has 1 N–H and O–H groups in total. The molecule has 0 aromatic heterocycles. The molecule has 0 atom stereocenters. The van der Waals surface area contributed by atoms with E-state index in [1.165, 1.54) is 0 Å². The van der Waals surface area contributed by atoms with Gasteiger partial charge in [-0.2, -0.15) is 0 Å². The van der Waals surface area contributed by atoms with Gasteiger partial charge in [0.1, 0.15) is 5.75 Å². The quantitative estimate of drug-likeness (QED) is 0.864. The number of aryl methyl sites for hydroxylation is 1. The predicted molar refractivity (Wildman–Crippen MR) is 81.5 cm³/mol. The highest BCUT2D eigenvalue weighted by molar-refractivity contribution is 6.31. The smallest absolute Gasteiger partial charge is 0.125 e. The number of rotatable bonds is 4. The molecule has 0 aliphatic rings. The lowest BCUT2D eigenvalue weighted by Gasteiger charge is -2.13. The first-order chi connectivity index (χ1) is 9.11. The van der Waals surface area contributed by atoms with E-state index in [1.54, 1.807) is 7.11 Å². The highest BCUT2D eigenvalue weighted by Crippen LogP contribution is 2.28. The summed E-state index contributed by atoms with van der Waals surface area (Å²) in [4.78, 5) is 0. The molecule has 0 radical (unpaired) electrons. The van der Waals surface area contributed by atoms with Gasteiger partial charge in [0.05, 0.1) is 7.11 Å². The van der Waals surface area contributed by atoms with Crippen LogP contribution in [0.25, 0.3) is 0 Å². The second-order valence-electron chi connectivity index (χ2n) is 4.23. The van der Waals surface area contributed by atoms with Crippen LogP contribution in [0.2, 0.25) is 10.0 Å². The maximum atomic E-state index is 6.20. The van der Waals surface area contributed by atoms with Crippen molar-refractivity contribution in [2.24, 2.45) is 0 Å². The van der Waals surface area contributed by atoms with Crippen molar-refractivity contribution in [1.82, 2.24) is 0 Å². The van der Waals surface area contributed by atoms with Gasteiger partial charge in [0.25, 0.3) is 0 Å². The van der Waals surface area contributed by atoms with E-state index in [0.717, 1.165) is 27.6 Å². The van der Waals surface area contributed by atoms with Gasteiger partial charge in [-0.3, -0.25) is 0 Å². The van der Waals surface area contributed by atoms with E-state index in [2.05, 4.69) is 5.32 Å². The zero-order chi connectivity index (χ0) is 13.8. The van der Waals surface area contributed by atoms with E-state index in [0.29, 0.717) is 11.6 Å². The number of halogens is 2. The van der Waals surface area contributed by atoms with Crippen molar-refractivity contribution in [1.29, 1.82) is 0 Å². The molecule has 0 aliphatic carbocycles. The van der Waals surface area contributed by atoms with E-state index in [-0.39, 0.29) is 0 Å². The Morgan fingerprint density at radius 3 is 2.63 bits per heavy atom. The summed E-state index contributed by atoms with van der Waals surface area (Å²) in [6, 6.07) is 11.4. The molecular formula is C15H15Cl2NO. The van der Waals surface area contributed by atoms with Gasteiger partial charge < -0.3 is 10.1 Å². The molecule has 0 saturated carbocycles. The molecule has 2 nitrogen and oxygen atoms in total. The summed E-state index contributed by atoms with van der Waals surface area (Å²) >= 11 is 12.1. The standard InChI is InChI=1S/C15H15Cl2NO/c1-10-8-11(16)6-7-14(10)18-9-12-13(17)4-3-5-15(12)19-2/h3-8,18H,9H2,1-2H3. The minimum atomic E-state index is 0.602. The number of hydrogen-bond donors (Lipinski definition) is 1. The predicted octanol–water partition coefficient (Wildman–Crippen LogP) is 4.92. The van der Waals surface area contributed by atoms with E-state index in [4.69, 9.17) is 27.9 Å². The van der Waals surface area contributed by atoms with E-state index in [9.17, 15) is 0 Å². The third kappa shape index (κ3) is 3.34. The highest BCUT2D eigenvalue weighted by atomic mass is 35.5. The van der Waals surface area contributed by atoms with Crippen molar-refractivity contribution < 1.29 is 4.74 Å². The Morgan fingerprint density at radius 1 is 1.16 bits per heavy atom. The summed E-state index contributed by atoms with van der Waals surface area (Å²) in [5.74, 6) is 0.784. The average Bonchev–Trinajstić information content (AvgIpc) is 2.39. The third-order valence-electron chi connectivity index (χ3n) is 2.94. The highest BCUT2D eigenvalue weighted by Gasteiger charge is 2.08. The van der Waals surface area contributed by atoms with Crippen molar-refractivity contribution >= 4 is 28.9 Å². The Kier molecular flexibility index (Phi) is 4.56. The molecule has 0 unspecified atom stereocenters. The van der Waals surface area contributed by atoms with Crippen molar-refractivity contribution in [2.45, 2.75) is 13.5 Å². The summed E-state index contributed by atoms with van der Waals surface area (Å²) < 4.78 is 5.32. The summed E-state index contributed by atoms with van der Waals surface area (Å²) in [7, 11) is 1.64. The monoisotopic (exact) mass is 295 g/mol. The maximum Gasteiger partial charge on any atom is 0.125 e. The molecule has 19 heavy (non-hydrogen) atoms. The molecule has 0 amide bonds. The number of methoxy groups -OCH3 is 1. The van der Waals surface area contributed by atoms with Crippen LogP contribution in [-0.2, 0) is 6.54 Å². The average molecular weight is 296 g/mol. The molecule has 0 bridgehead atoms.